The Morgan fingerprint density at radius 2 is 2.09 bits per heavy atom. The van der Waals surface area contributed by atoms with Gasteiger partial charge in [0.1, 0.15) is 5.60 Å². The maximum absolute atomic E-state index is 13.8. The van der Waals surface area contributed by atoms with Gasteiger partial charge in [-0.2, -0.15) is 0 Å². The third-order valence-electron chi connectivity index (χ3n) is 5.60. The summed E-state index contributed by atoms with van der Waals surface area (Å²) in [7, 11) is 0. The summed E-state index contributed by atoms with van der Waals surface area (Å²) in [5.74, 6) is 0.318. The highest BCUT2D eigenvalue weighted by molar-refractivity contribution is 5.88. The van der Waals surface area contributed by atoms with Crippen LogP contribution < -0.4 is 0 Å². The summed E-state index contributed by atoms with van der Waals surface area (Å²) in [4.78, 5) is 27.1. The molecule has 0 aromatic carbocycles. The third kappa shape index (κ3) is 2.41. The fourth-order valence-corrected chi connectivity index (χ4v) is 3.92. The quantitative estimate of drug-likeness (QED) is 0.785. The topological polar surface area (TPSA) is 49.9 Å². The second-order valence-electron chi connectivity index (χ2n) is 7.47. The van der Waals surface area contributed by atoms with Crippen LogP contribution in [-0.2, 0) is 14.3 Å². The Hall–Kier alpha value is -1.17. The van der Waals surface area contributed by atoms with Crippen molar-refractivity contribution in [3.8, 4) is 0 Å². The van der Waals surface area contributed by atoms with Crippen LogP contribution in [0.4, 0.5) is 4.39 Å². The molecule has 0 aromatic heterocycles. The number of nitrogens with zero attached hydrogens (tertiary/aromatic N) is 2. The van der Waals surface area contributed by atoms with Crippen LogP contribution in [0, 0.1) is 5.92 Å². The number of carbonyl (C=O) groups excluding carboxylic acids is 2. The number of ether oxygens (including phenoxy) is 1. The van der Waals surface area contributed by atoms with Crippen molar-refractivity contribution in [2.24, 2.45) is 5.92 Å². The molecule has 0 N–H and O–H groups in total. The predicted octanol–water partition coefficient (Wildman–Crippen LogP) is 1.12. The van der Waals surface area contributed by atoms with Gasteiger partial charge in [0.15, 0.2) is 5.67 Å². The first-order valence-corrected chi connectivity index (χ1v) is 8.40. The van der Waals surface area contributed by atoms with E-state index in [4.69, 9.17) is 4.74 Å². The van der Waals surface area contributed by atoms with Crippen molar-refractivity contribution in [3.05, 3.63) is 0 Å². The molecule has 1 unspecified atom stereocenters. The summed E-state index contributed by atoms with van der Waals surface area (Å²) in [6.45, 7) is 3.39. The lowest BCUT2D eigenvalue weighted by atomic mass is 9.82. The van der Waals surface area contributed by atoms with E-state index in [0.717, 1.165) is 32.4 Å². The molecule has 1 spiro atoms. The highest BCUT2D eigenvalue weighted by atomic mass is 19.1. The molecule has 0 bridgehead atoms. The van der Waals surface area contributed by atoms with E-state index in [1.165, 1.54) is 0 Å². The molecule has 0 aromatic rings. The van der Waals surface area contributed by atoms with Crippen LogP contribution in [0.25, 0.3) is 0 Å². The second kappa shape index (κ2) is 4.91. The van der Waals surface area contributed by atoms with Gasteiger partial charge in [-0.05, 0) is 32.1 Å². The molecule has 0 radical (unpaired) electrons. The molecule has 4 fully saturated rings. The minimum atomic E-state index is -1.56. The van der Waals surface area contributed by atoms with Crippen LogP contribution in [0.15, 0.2) is 0 Å². The zero-order chi connectivity index (χ0) is 15.4. The number of amides is 2. The fourth-order valence-electron chi connectivity index (χ4n) is 3.92. The molecular formula is C16H23FN2O3. The first kappa shape index (κ1) is 14.4. The summed E-state index contributed by atoms with van der Waals surface area (Å²) in [5.41, 5.74) is -1.80. The Balaban J connectivity index is 1.25. The minimum Gasteiger partial charge on any atom is -0.371 e. The van der Waals surface area contributed by atoms with Gasteiger partial charge in [0.2, 0.25) is 5.91 Å². The molecule has 1 saturated carbocycles. The number of carbonyl (C=O) groups is 2. The molecule has 1 aliphatic carbocycles. The van der Waals surface area contributed by atoms with E-state index in [9.17, 15) is 14.0 Å². The van der Waals surface area contributed by atoms with Crippen molar-refractivity contribution in [2.45, 2.75) is 49.8 Å². The summed E-state index contributed by atoms with van der Waals surface area (Å²) in [6.07, 6.45) is 4.33. The van der Waals surface area contributed by atoms with Crippen molar-refractivity contribution in [2.75, 3.05) is 32.8 Å². The van der Waals surface area contributed by atoms with Crippen LogP contribution in [0.5, 0.6) is 0 Å². The molecule has 4 aliphatic rings. The molecule has 6 heteroatoms. The molecule has 1 atom stereocenters. The summed E-state index contributed by atoms with van der Waals surface area (Å²) < 4.78 is 19.8. The van der Waals surface area contributed by atoms with E-state index >= 15 is 0 Å². The van der Waals surface area contributed by atoms with Gasteiger partial charge in [-0.15, -0.1) is 0 Å². The zero-order valence-electron chi connectivity index (χ0n) is 12.9. The van der Waals surface area contributed by atoms with E-state index in [1.807, 2.05) is 4.90 Å². The largest absolute Gasteiger partial charge is 0.371 e. The van der Waals surface area contributed by atoms with Crippen molar-refractivity contribution >= 4 is 11.8 Å². The Labute approximate surface area is 129 Å². The number of alkyl halides is 1. The van der Waals surface area contributed by atoms with E-state index in [2.05, 4.69) is 0 Å². The van der Waals surface area contributed by atoms with Crippen molar-refractivity contribution in [3.63, 3.8) is 0 Å². The van der Waals surface area contributed by atoms with Crippen LogP contribution in [-0.4, -0.2) is 65.7 Å². The highest BCUT2D eigenvalue weighted by Crippen LogP contribution is 2.45. The van der Waals surface area contributed by atoms with Crippen LogP contribution in [0.1, 0.15) is 38.5 Å². The normalized spacial score (nSPS) is 32.2. The third-order valence-corrected chi connectivity index (χ3v) is 5.60. The van der Waals surface area contributed by atoms with E-state index < -0.39 is 5.67 Å². The van der Waals surface area contributed by atoms with Crippen LogP contribution in [0.2, 0.25) is 0 Å². The molecule has 3 heterocycles. The lowest BCUT2D eigenvalue weighted by Gasteiger charge is -2.53. The average Bonchev–Trinajstić information content (AvgIpc) is 3.11. The van der Waals surface area contributed by atoms with Gasteiger partial charge in [-0.3, -0.25) is 9.59 Å². The van der Waals surface area contributed by atoms with Gasteiger partial charge in [0.05, 0.1) is 19.7 Å². The Bertz CT molecular complexity index is 490. The smallest absolute Gasteiger partial charge is 0.260 e. The number of hydrogen-bond donors (Lipinski definition) is 0. The van der Waals surface area contributed by atoms with Gasteiger partial charge in [0.25, 0.3) is 5.91 Å². The van der Waals surface area contributed by atoms with Gasteiger partial charge >= 0.3 is 0 Å². The number of likely N-dealkylation sites (tertiary alicyclic amines) is 2. The first-order chi connectivity index (χ1) is 10.5. The Morgan fingerprint density at radius 3 is 2.64 bits per heavy atom. The molecule has 5 nitrogen and oxygen atoms in total. The predicted molar refractivity (Wildman–Crippen MR) is 76.9 cm³/mol. The summed E-state index contributed by atoms with van der Waals surface area (Å²) >= 11 is 0. The van der Waals surface area contributed by atoms with Gasteiger partial charge in [-0.1, -0.05) is 0 Å². The van der Waals surface area contributed by atoms with Gasteiger partial charge < -0.3 is 14.5 Å². The number of halogens is 1. The van der Waals surface area contributed by atoms with Crippen LogP contribution in [0.3, 0.4) is 0 Å². The van der Waals surface area contributed by atoms with Crippen LogP contribution >= 0.6 is 0 Å². The van der Waals surface area contributed by atoms with E-state index in [-0.39, 0.29) is 17.4 Å². The minimum absolute atomic E-state index is 0.244. The molecular weight excluding hydrogens is 287 g/mol. The average molecular weight is 310 g/mol. The Morgan fingerprint density at radius 1 is 1.32 bits per heavy atom. The zero-order valence-corrected chi connectivity index (χ0v) is 12.9. The van der Waals surface area contributed by atoms with E-state index in [0.29, 0.717) is 44.9 Å². The Kier molecular flexibility index (Phi) is 3.22. The SMILES string of the molecule is O=C1CCCN1CC1CCC2(CN(C(=O)C3(F)CC3)C2)OC1. The number of hydrogen-bond acceptors (Lipinski definition) is 3. The van der Waals surface area contributed by atoms with Gasteiger partial charge in [-0.25, -0.2) is 4.39 Å². The van der Waals surface area contributed by atoms with Crippen molar-refractivity contribution in [1.29, 1.82) is 0 Å². The molecule has 3 aliphatic heterocycles. The summed E-state index contributed by atoms with van der Waals surface area (Å²) in [6, 6.07) is 0. The molecule has 3 saturated heterocycles. The molecule has 4 rings (SSSR count). The monoisotopic (exact) mass is 310 g/mol. The lowest BCUT2D eigenvalue weighted by Crippen LogP contribution is -2.67. The molecule has 122 valence electrons. The fraction of sp³-hybridized carbons (Fsp3) is 0.875. The highest BCUT2D eigenvalue weighted by Gasteiger charge is 2.58. The van der Waals surface area contributed by atoms with E-state index in [1.54, 1.807) is 4.90 Å². The molecule has 2 amide bonds. The lowest BCUT2D eigenvalue weighted by molar-refractivity contribution is -0.193. The summed E-state index contributed by atoms with van der Waals surface area (Å²) in [5, 5.41) is 0. The number of rotatable bonds is 3. The van der Waals surface area contributed by atoms with Crippen molar-refractivity contribution < 1.29 is 18.7 Å². The standard InChI is InChI=1S/C16H23FN2O3/c17-16(5-6-16)14(21)19-10-15(11-19)4-3-12(9-22-15)8-18-7-1-2-13(18)20/h12H,1-11H2. The second-order valence-corrected chi connectivity index (χ2v) is 7.47. The van der Waals surface area contributed by atoms with Gasteiger partial charge in [0, 0.05) is 25.4 Å². The van der Waals surface area contributed by atoms with Crippen molar-refractivity contribution in [1.82, 2.24) is 9.80 Å². The molecule has 22 heavy (non-hydrogen) atoms. The maximum atomic E-state index is 13.8. The first-order valence-electron chi connectivity index (χ1n) is 8.40. The maximum Gasteiger partial charge on any atom is 0.260 e.